The lowest BCUT2D eigenvalue weighted by Gasteiger charge is -2.10. The van der Waals surface area contributed by atoms with Crippen molar-refractivity contribution in [3.05, 3.63) is 40.1 Å². The first-order chi connectivity index (χ1) is 8.90. The molecule has 0 unspecified atom stereocenters. The number of anilines is 1. The van der Waals surface area contributed by atoms with Gasteiger partial charge in [0.05, 0.1) is 22.3 Å². The van der Waals surface area contributed by atoms with Gasteiger partial charge in [0.15, 0.2) is 0 Å². The molecule has 0 saturated carbocycles. The molecule has 102 valence electrons. The van der Waals surface area contributed by atoms with E-state index in [0.717, 1.165) is 0 Å². The zero-order valence-electron chi connectivity index (χ0n) is 9.52. The number of H-pyrrole nitrogens is 1. The Bertz CT molecular complexity index is 663. The van der Waals surface area contributed by atoms with Gasteiger partial charge in [-0.05, 0) is 18.2 Å². The third-order valence-corrected chi connectivity index (χ3v) is 4.62. The van der Waals surface area contributed by atoms with Crippen LogP contribution in [0.25, 0.3) is 0 Å². The van der Waals surface area contributed by atoms with E-state index in [2.05, 4.69) is 14.9 Å². The second-order valence-electron chi connectivity index (χ2n) is 3.72. The van der Waals surface area contributed by atoms with Crippen molar-refractivity contribution in [2.45, 2.75) is 11.4 Å². The Morgan fingerprint density at radius 1 is 1.32 bits per heavy atom. The smallest absolute Gasteiger partial charge is 0.243 e. The van der Waals surface area contributed by atoms with E-state index in [4.69, 9.17) is 28.9 Å². The zero-order chi connectivity index (χ0) is 14.0. The number of nitrogens with zero attached hydrogens (tertiary/aromatic N) is 1. The van der Waals surface area contributed by atoms with Crippen molar-refractivity contribution in [1.82, 2.24) is 14.9 Å². The molecule has 1 aromatic carbocycles. The summed E-state index contributed by atoms with van der Waals surface area (Å²) < 4.78 is 26.6. The summed E-state index contributed by atoms with van der Waals surface area (Å²) in [7, 11) is -3.83. The predicted octanol–water partition coefficient (Wildman–Crippen LogP) is 1.78. The molecule has 0 spiro atoms. The Labute approximate surface area is 120 Å². The number of nitrogens with one attached hydrogen (secondary N) is 2. The predicted molar refractivity (Wildman–Crippen MR) is 73.5 cm³/mol. The Hall–Kier alpha value is -1.28. The molecule has 0 radical (unpaired) electrons. The molecule has 2 rings (SSSR count). The second kappa shape index (κ2) is 5.38. The highest BCUT2D eigenvalue weighted by Crippen LogP contribution is 2.31. The van der Waals surface area contributed by atoms with Crippen molar-refractivity contribution >= 4 is 38.9 Å². The van der Waals surface area contributed by atoms with Crippen molar-refractivity contribution < 1.29 is 8.42 Å². The summed E-state index contributed by atoms with van der Waals surface area (Å²) in [5.74, 6) is 0. The molecule has 0 atom stereocenters. The number of nitrogens with two attached hydrogens (primary N) is 1. The maximum Gasteiger partial charge on any atom is 0.243 e. The summed E-state index contributed by atoms with van der Waals surface area (Å²) in [5, 5.41) is 6.30. The van der Waals surface area contributed by atoms with Crippen molar-refractivity contribution in [2.75, 3.05) is 5.73 Å². The molecule has 6 nitrogen and oxygen atoms in total. The number of rotatable bonds is 4. The first kappa shape index (κ1) is 14.1. The molecule has 0 aliphatic carbocycles. The van der Waals surface area contributed by atoms with Crippen molar-refractivity contribution in [1.29, 1.82) is 0 Å². The zero-order valence-corrected chi connectivity index (χ0v) is 11.9. The van der Waals surface area contributed by atoms with Crippen LogP contribution >= 0.6 is 23.2 Å². The van der Waals surface area contributed by atoms with Crippen LogP contribution in [0.3, 0.4) is 0 Å². The molecule has 4 N–H and O–H groups in total. The van der Waals surface area contributed by atoms with Crippen LogP contribution < -0.4 is 10.5 Å². The maximum atomic E-state index is 12.1. The Balaban J connectivity index is 2.29. The Morgan fingerprint density at radius 2 is 1.95 bits per heavy atom. The van der Waals surface area contributed by atoms with Gasteiger partial charge >= 0.3 is 0 Å². The van der Waals surface area contributed by atoms with Crippen LogP contribution in [0.5, 0.6) is 0 Å². The quantitative estimate of drug-likeness (QED) is 0.747. The minimum atomic E-state index is -3.83. The minimum absolute atomic E-state index is 0.0258. The number of sulfonamides is 1. The molecule has 0 aliphatic heterocycles. The van der Waals surface area contributed by atoms with Crippen LogP contribution in [-0.2, 0) is 16.6 Å². The molecule has 2 aromatic rings. The molecular formula is C10H10Cl2N4O2S. The van der Waals surface area contributed by atoms with Crippen molar-refractivity contribution in [3.63, 3.8) is 0 Å². The van der Waals surface area contributed by atoms with E-state index >= 15 is 0 Å². The molecule has 0 fully saturated rings. The number of halogens is 2. The summed E-state index contributed by atoms with van der Waals surface area (Å²) in [6, 6.07) is 4.31. The van der Waals surface area contributed by atoms with Crippen LogP contribution in [0.1, 0.15) is 5.69 Å². The van der Waals surface area contributed by atoms with Gasteiger partial charge in [0.25, 0.3) is 0 Å². The van der Waals surface area contributed by atoms with E-state index in [0.29, 0.717) is 11.4 Å². The highest BCUT2D eigenvalue weighted by molar-refractivity contribution is 7.89. The summed E-state index contributed by atoms with van der Waals surface area (Å²) in [5.41, 5.74) is 6.44. The number of benzene rings is 1. The fraction of sp³-hybridized carbons (Fsp3) is 0.100. The number of nitrogen functional groups attached to an aromatic ring is 1. The van der Waals surface area contributed by atoms with Crippen molar-refractivity contribution in [2.24, 2.45) is 0 Å². The van der Waals surface area contributed by atoms with Gasteiger partial charge in [0.1, 0.15) is 4.90 Å². The van der Waals surface area contributed by atoms with E-state index in [9.17, 15) is 8.42 Å². The molecular weight excluding hydrogens is 311 g/mol. The number of aromatic amines is 1. The molecule has 19 heavy (non-hydrogen) atoms. The lowest BCUT2D eigenvalue weighted by Crippen LogP contribution is -2.24. The summed E-state index contributed by atoms with van der Waals surface area (Å²) in [4.78, 5) is -0.190. The summed E-state index contributed by atoms with van der Waals surface area (Å²) in [6.45, 7) is 0.0549. The van der Waals surface area contributed by atoms with Crippen LogP contribution in [0, 0.1) is 0 Å². The largest absolute Gasteiger partial charge is 0.399 e. The topological polar surface area (TPSA) is 101 Å². The normalized spacial score (nSPS) is 11.7. The molecule has 0 saturated heterocycles. The van der Waals surface area contributed by atoms with E-state index in [-0.39, 0.29) is 21.5 Å². The fourth-order valence-electron chi connectivity index (χ4n) is 1.46. The van der Waals surface area contributed by atoms with Gasteiger partial charge in [0, 0.05) is 11.9 Å². The third-order valence-electron chi connectivity index (χ3n) is 2.30. The fourth-order valence-corrected chi connectivity index (χ4v) is 3.70. The highest BCUT2D eigenvalue weighted by atomic mass is 35.5. The number of hydrogen-bond acceptors (Lipinski definition) is 4. The average Bonchev–Trinajstić information content (AvgIpc) is 2.77. The number of hydrogen-bond donors (Lipinski definition) is 3. The SMILES string of the molecule is Nc1cc(Cl)c(S(=O)(=O)NCc2ccn[nH]2)c(Cl)c1. The molecule has 9 heteroatoms. The van der Waals surface area contributed by atoms with Gasteiger partial charge in [-0.2, -0.15) is 5.10 Å². The molecule has 0 aliphatic rings. The van der Waals surface area contributed by atoms with Crippen LogP contribution in [0.4, 0.5) is 5.69 Å². The van der Waals surface area contributed by atoms with E-state index in [1.54, 1.807) is 6.07 Å². The molecule has 1 aromatic heterocycles. The van der Waals surface area contributed by atoms with E-state index < -0.39 is 10.0 Å². The number of aromatic nitrogens is 2. The Morgan fingerprint density at radius 3 is 2.47 bits per heavy atom. The standard InChI is InChI=1S/C10H10Cl2N4O2S/c11-8-3-6(13)4-9(12)10(8)19(17,18)15-5-7-1-2-14-16-7/h1-4,15H,5,13H2,(H,14,16). The van der Waals surface area contributed by atoms with Crippen molar-refractivity contribution in [3.8, 4) is 0 Å². The van der Waals surface area contributed by atoms with Crippen LogP contribution in [-0.4, -0.2) is 18.6 Å². The first-order valence-electron chi connectivity index (χ1n) is 5.12. The van der Waals surface area contributed by atoms with Gasteiger partial charge in [0.2, 0.25) is 10.0 Å². The van der Waals surface area contributed by atoms with Gasteiger partial charge in [-0.15, -0.1) is 0 Å². The van der Waals surface area contributed by atoms with E-state index in [1.165, 1.54) is 18.3 Å². The maximum absolute atomic E-state index is 12.1. The molecule has 0 amide bonds. The second-order valence-corrected chi connectivity index (χ2v) is 6.24. The molecule has 0 bridgehead atoms. The first-order valence-corrected chi connectivity index (χ1v) is 7.36. The highest BCUT2D eigenvalue weighted by Gasteiger charge is 2.22. The monoisotopic (exact) mass is 320 g/mol. The molecule has 1 heterocycles. The van der Waals surface area contributed by atoms with Gasteiger partial charge in [-0.3, -0.25) is 5.10 Å². The minimum Gasteiger partial charge on any atom is -0.399 e. The third kappa shape index (κ3) is 3.19. The van der Waals surface area contributed by atoms with Crippen LogP contribution in [0.2, 0.25) is 10.0 Å². The Kier molecular flexibility index (Phi) is 4.00. The van der Waals surface area contributed by atoms with Gasteiger partial charge < -0.3 is 5.73 Å². The lowest BCUT2D eigenvalue weighted by molar-refractivity contribution is 0.580. The average molecular weight is 321 g/mol. The van der Waals surface area contributed by atoms with Gasteiger partial charge in [-0.1, -0.05) is 23.2 Å². The lowest BCUT2D eigenvalue weighted by atomic mass is 10.3. The summed E-state index contributed by atoms with van der Waals surface area (Å²) in [6.07, 6.45) is 1.52. The van der Waals surface area contributed by atoms with Gasteiger partial charge in [-0.25, -0.2) is 13.1 Å². The van der Waals surface area contributed by atoms with E-state index in [1.807, 2.05) is 0 Å². The van der Waals surface area contributed by atoms with Crippen LogP contribution in [0.15, 0.2) is 29.3 Å². The summed E-state index contributed by atoms with van der Waals surface area (Å²) >= 11 is 11.8.